The van der Waals surface area contributed by atoms with Gasteiger partial charge in [-0.15, -0.1) is 0 Å². The molecular formula is C54H73ClN8O14. The van der Waals surface area contributed by atoms with Gasteiger partial charge in [-0.3, -0.25) is 34.7 Å². The van der Waals surface area contributed by atoms with Crippen LogP contribution >= 0.6 is 11.6 Å². The number of carbonyl (C=O) groups excluding carboxylic acids is 6. The fourth-order valence-corrected chi connectivity index (χ4v) is 10.0. The third kappa shape index (κ3) is 14.7. The molecule has 7 N–H and O–H groups in total. The number of hydrogen-bond donors (Lipinski definition) is 7. The van der Waals surface area contributed by atoms with Gasteiger partial charge >= 0.3 is 18.0 Å². The number of halogens is 1. The molecule has 4 bridgehead atoms. The van der Waals surface area contributed by atoms with Crippen molar-refractivity contribution >= 4 is 69.9 Å². The van der Waals surface area contributed by atoms with Gasteiger partial charge in [0.25, 0.3) is 0 Å². The highest BCUT2D eigenvalue weighted by atomic mass is 35.5. The highest BCUT2D eigenvalue weighted by Gasteiger charge is 2.64. The standard InChI is InChI=1S/C54H73ClN8O14/c1-31-14-12-17-42(64)54(73)29-41(75-52(72)59-54)32(2)49-53(4,77-49)43(28-46(67)62(8)39-25-34(24-31)26-40(74-9)48(39)55)76-51(71)33(3)61(7)45(66)18-13-22-57-50(70)37(19-20-47(68)69)58-44(65)21-23-63-36(30-60(6)56-5)27-35-15-10-11-16-38(35)63/h10-12,14-17,25-27,32-33,37,41-43,49,56,64,73H,13,18-24,28-30H2,1-9H3,(H,57,70)(H,58,65)(H,59,72)(H,68,69)/b17-12+,31-14+/t32-,33+,37+,41+,42-,43+,49?,53+,54+/m1/s1. The third-order valence-electron chi connectivity index (χ3n) is 14.7. The minimum absolute atomic E-state index is 0.00880. The number of nitrogens with zero attached hydrogens (tertiary/aromatic N) is 4. The van der Waals surface area contributed by atoms with Gasteiger partial charge < -0.3 is 59.3 Å². The van der Waals surface area contributed by atoms with E-state index in [1.807, 2.05) is 53.9 Å². The number of aliphatic hydroxyl groups is 2. The first-order valence-electron chi connectivity index (χ1n) is 25.6. The van der Waals surface area contributed by atoms with Gasteiger partial charge in [-0.25, -0.2) is 14.6 Å². The predicted molar refractivity (Wildman–Crippen MR) is 284 cm³/mol. The van der Waals surface area contributed by atoms with Gasteiger partial charge in [0.2, 0.25) is 23.6 Å². The summed E-state index contributed by atoms with van der Waals surface area (Å²) in [5, 5.41) is 42.9. The Hall–Kier alpha value is -6.56. The van der Waals surface area contributed by atoms with E-state index in [1.165, 1.54) is 44.0 Å². The van der Waals surface area contributed by atoms with E-state index < -0.39 is 102 Å². The first kappa shape index (κ1) is 59.7. The Labute approximate surface area is 453 Å². The van der Waals surface area contributed by atoms with E-state index in [0.29, 0.717) is 30.9 Å². The number of para-hydroxylation sites is 1. The Morgan fingerprint density at radius 1 is 1.08 bits per heavy atom. The quantitative estimate of drug-likeness (QED) is 0.0390. The molecule has 1 unspecified atom stereocenters. The average Bonchev–Trinajstić information content (AvgIpc) is 3.98. The van der Waals surface area contributed by atoms with Crippen LogP contribution in [0.1, 0.15) is 83.9 Å². The van der Waals surface area contributed by atoms with Crippen LogP contribution in [0.25, 0.3) is 10.9 Å². The van der Waals surface area contributed by atoms with Crippen LogP contribution in [0, 0.1) is 5.92 Å². The van der Waals surface area contributed by atoms with Crippen LogP contribution in [-0.4, -0.2) is 161 Å². The molecule has 2 aromatic carbocycles. The molecule has 3 aliphatic rings. The Kier molecular flexibility index (Phi) is 19.9. The summed E-state index contributed by atoms with van der Waals surface area (Å²) in [6, 6.07) is 10.9. The number of carboxylic acids is 1. The number of carbonyl (C=O) groups is 7. The Morgan fingerprint density at radius 2 is 1.81 bits per heavy atom. The van der Waals surface area contributed by atoms with E-state index in [4.69, 9.17) is 30.5 Å². The second kappa shape index (κ2) is 25.7. The van der Waals surface area contributed by atoms with Crippen molar-refractivity contribution in [2.24, 2.45) is 5.92 Å². The number of epoxide rings is 1. The van der Waals surface area contributed by atoms with Crippen molar-refractivity contribution in [2.45, 2.75) is 140 Å². The molecule has 9 atom stereocenters. The third-order valence-corrected chi connectivity index (χ3v) is 15.1. The number of allylic oxidation sites excluding steroid dienone is 3. The van der Waals surface area contributed by atoms with Crippen molar-refractivity contribution in [1.29, 1.82) is 0 Å². The minimum atomic E-state index is -2.13. The maximum atomic E-state index is 14.4. The second-order valence-electron chi connectivity index (χ2n) is 20.3. The van der Waals surface area contributed by atoms with Gasteiger partial charge in [-0.1, -0.05) is 60.5 Å². The SMILES string of the molecule is CNN(C)Cc1cc2ccccc2n1CCC(=O)N[C@@H](CCC(=O)O)C(=O)NCCCC(=O)N(C)[C@@H](C)C(=O)O[C@H]1CC(=O)N(C)c2cc(cc(OC)c2Cl)C/C(C)=C/C=C/[C@@H](O)[C@@]2(O)C[C@H](OC(=O)N2)[C@@H](C)C2O[C@]21C. The van der Waals surface area contributed by atoms with Crippen molar-refractivity contribution in [3.63, 3.8) is 0 Å². The number of likely N-dealkylation sites (N-methyl/N-ethyl adjacent to an activating group) is 1. The number of alkyl carbamates (subject to hydrolysis) is 1. The number of nitrogens with one attached hydrogen (secondary N) is 4. The molecule has 0 spiro atoms. The lowest BCUT2D eigenvalue weighted by Crippen LogP contribution is -2.63. The number of ether oxygens (including phenoxy) is 4. The Bertz CT molecular complexity index is 2750. The van der Waals surface area contributed by atoms with Crippen molar-refractivity contribution in [3.05, 3.63) is 82.5 Å². The number of anilines is 1. The van der Waals surface area contributed by atoms with Crippen LogP contribution in [0.5, 0.6) is 5.75 Å². The average molecular weight is 1090 g/mol. The van der Waals surface area contributed by atoms with E-state index in [1.54, 1.807) is 45.2 Å². The van der Waals surface area contributed by atoms with Crippen LogP contribution in [-0.2, 0) is 62.5 Å². The van der Waals surface area contributed by atoms with Gasteiger partial charge in [-0.2, -0.15) is 0 Å². The fourth-order valence-electron chi connectivity index (χ4n) is 9.71. The monoisotopic (exact) mass is 1090 g/mol. The lowest BCUT2D eigenvalue weighted by molar-refractivity contribution is -0.162. The lowest BCUT2D eigenvalue weighted by Gasteiger charge is -2.41. The van der Waals surface area contributed by atoms with Crippen LogP contribution in [0.4, 0.5) is 10.5 Å². The summed E-state index contributed by atoms with van der Waals surface area (Å²) in [7, 11) is 8.07. The largest absolute Gasteiger partial charge is 0.495 e. The number of aromatic nitrogens is 1. The number of hydrazine groups is 1. The molecule has 22 nitrogen and oxygen atoms in total. The molecule has 0 aliphatic carbocycles. The molecule has 23 heteroatoms. The van der Waals surface area contributed by atoms with Gasteiger partial charge in [0.15, 0.2) is 5.72 Å². The van der Waals surface area contributed by atoms with E-state index >= 15 is 0 Å². The molecule has 0 radical (unpaired) electrons. The topological polar surface area (TPSA) is 283 Å². The maximum Gasteiger partial charge on any atom is 0.409 e. The normalized spacial score (nSPS) is 25.5. The van der Waals surface area contributed by atoms with Gasteiger partial charge in [0.05, 0.1) is 31.9 Å². The summed E-state index contributed by atoms with van der Waals surface area (Å²) in [6.45, 7) is 7.48. The van der Waals surface area contributed by atoms with Crippen molar-refractivity contribution in [2.75, 3.05) is 46.7 Å². The molecule has 2 saturated heterocycles. The van der Waals surface area contributed by atoms with Crippen molar-refractivity contribution < 1.29 is 67.8 Å². The number of esters is 1. The van der Waals surface area contributed by atoms with Crippen LogP contribution in [0.15, 0.2) is 66.3 Å². The highest BCUT2D eigenvalue weighted by molar-refractivity contribution is 6.35. The minimum Gasteiger partial charge on any atom is -0.495 e. The molecule has 6 rings (SSSR count). The van der Waals surface area contributed by atoms with Crippen molar-refractivity contribution in [3.8, 4) is 5.75 Å². The number of rotatable bonds is 19. The smallest absolute Gasteiger partial charge is 0.409 e. The molecule has 3 aromatic rings. The molecule has 420 valence electrons. The number of fused-ring (bicyclic) bond motifs is 6. The lowest BCUT2D eigenvalue weighted by atomic mass is 9.83. The molecule has 77 heavy (non-hydrogen) atoms. The van der Waals surface area contributed by atoms with E-state index in [-0.39, 0.29) is 50.1 Å². The summed E-state index contributed by atoms with van der Waals surface area (Å²) >= 11 is 6.79. The second-order valence-corrected chi connectivity index (χ2v) is 20.7. The molecular weight excluding hydrogens is 1020 g/mol. The molecule has 3 aliphatic heterocycles. The number of hydrogen-bond acceptors (Lipinski definition) is 15. The summed E-state index contributed by atoms with van der Waals surface area (Å²) in [5.74, 6) is -4.48. The summed E-state index contributed by atoms with van der Waals surface area (Å²) in [5.41, 5.74) is 3.34. The molecule has 0 saturated carbocycles. The van der Waals surface area contributed by atoms with E-state index in [2.05, 4.69) is 21.4 Å². The zero-order chi connectivity index (χ0) is 56.5. The number of aliphatic carboxylic acids is 1. The Morgan fingerprint density at radius 3 is 2.51 bits per heavy atom. The zero-order valence-electron chi connectivity index (χ0n) is 45.1. The number of benzene rings is 2. The van der Waals surface area contributed by atoms with Gasteiger partial charge in [0, 0.05) is 77.0 Å². The van der Waals surface area contributed by atoms with E-state index in [0.717, 1.165) is 27.7 Å². The Balaban J connectivity index is 1.11. The number of carboxylic acid groups (broad SMARTS) is 1. The number of amides is 5. The zero-order valence-corrected chi connectivity index (χ0v) is 45.8. The van der Waals surface area contributed by atoms with Crippen LogP contribution < -0.4 is 31.0 Å². The highest BCUT2D eigenvalue weighted by Crippen LogP contribution is 2.49. The predicted octanol–water partition coefficient (Wildman–Crippen LogP) is 3.72. The fraction of sp³-hybridized carbons (Fsp3) is 0.537. The molecule has 5 amide bonds. The van der Waals surface area contributed by atoms with Crippen molar-refractivity contribution in [1.82, 2.24) is 35.9 Å². The number of aliphatic hydroxyl groups excluding tert-OH is 1. The van der Waals surface area contributed by atoms with Crippen LogP contribution in [0.2, 0.25) is 5.02 Å². The summed E-state index contributed by atoms with van der Waals surface area (Å²) < 4.78 is 25.6. The number of methoxy groups -OCH3 is 1. The first-order valence-corrected chi connectivity index (χ1v) is 26.0. The summed E-state index contributed by atoms with van der Waals surface area (Å²) in [4.78, 5) is 95.7. The number of aryl methyl sites for hydroxylation is 1. The molecule has 2 fully saturated rings. The van der Waals surface area contributed by atoms with Gasteiger partial charge in [0.1, 0.15) is 46.8 Å². The molecule has 4 heterocycles. The first-order chi connectivity index (χ1) is 36.4. The summed E-state index contributed by atoms with van der Waals surface area (Å²) in [6.07, 6.45) is -1.85. The van der Waals surface area contributed by atoms with Gasteiger partial charge in [-0.05, 0) is 82.3 Å². The van der Waals surface area contributed by atoms with E-state index in [9.17, 15) is 48.9 Å². The van der Waals surface area contributed by atoms with Crippen LogP contribution in [0.3, 0.4) is 0 Å². The molecule has 1 aromatic heterocycles. The maximum absolute atomic E-state index is 14.4.